The second-order valence-corrected chi connectivity index (χ2v) is 2.77. The van der Waals surface area contributed by atoms with Crippen LogP contribution in [0.15, 0.2) is 0 Å². The van der Waals surface area contributed by atoms with Crippen molar-refractivity contribution in [3.05, 3.63) is 0 Å². The Bertz CT molecular complexity index is 143. The lowest BCUT2D eigenvalue weighted by atomic mass is 10.2. The van der Waals surface area contributed by atoms with Crippen molar-refractivity contribution in [2.75, 3.05) is 6.61 Å². The highest BCUT2D eigenvalue weighted by molar-refractivity contribution is 4.97. The van der Waals surface area contributed by atoms with Crippen LogP contribution in [0.3, 0.4) is 0 Å². The maximum absolute atomic E-state index is 5.68. The molecule has 0 spiro atoms. The number of nitrogens with two attached hydrogens (primary N) is 1. The minimum absolute atomic E-state index is 0.0600. The van der Waals surface area contributed by atoms with E-state index in [1.807, 2.05) is 20.8 Å². The van der Waals surface area contributed by atoms with Crippen molar-refractivity contribution < 1.29 is 4.74 Å². The lowest BCUT2D eigenvalue weighted by molar-refractivity contribution is 0.0691. The van der Waals surface area contributed by atoms with Crippen LogP contribution >= 0.6 is 0 Å². The number of ether oxygens (including phenoxy) is 1. The van der Waals surface area contributed by atoms with Gasteiger partial charge in [-0.2, -0.15) is 0 Å². The van der Waals surface area contributed by atoms with Gasteiger partial charge in [-0.15, -0.1) is 11.8 Å². The molecule has 0 saturated carbocycles. The Morgan fingerprint density at radius 3 is 2.55 bits per heavy atom. The molecular weight excluding hydrogens is 138 g/mol. The van der Waals surface area contributed by atoms with Crippen LogP contribution in [0.2, 0.25) is 0 Å². The number of rotatable bonds is 4. The van der Waals surface area contributed by atoms with Gasteiger partial charge < -0.3 is 10.5 Å². The second kappa shape index (κ2) is 6.21. The molecule has 0 aromatic rings. The average molecular weight is 155 g/mol. The Labute approximate surface area is 69.1 Å². The summed E-state index contributed by atoms with van der Waals surface area (Å²) in [6.45, 7) is 6.42. The molecule has 0 fully saturated rings. The van der Waals surface area contributed by atoms with Gasteiger partial charge in [-0.3, -0.25) is 0 Å². The first kappa shape index (κ1) is 10.5. The van der Waals surface area contributed by atoms with Crippen molar-refractivity contribution >= 4 is 0 Å². The van der Waals surface area contributed by atoms with E-state index in [0.717, 1.165) is 6.42 Å². The molecule has 0 amide bonds. The molecular formula is C9H17NO. The smallest absolute Gasteiger partial charge is 0.0630 e. The summed E-state index contributed by atoms with van der Waals surface area (Å²) in [6, 6.07) is 0.0600. The summed E-state index contributed by atoms with van der Waals surface area (Å²) in [6.07, 6.45) is 0.985. The molecule has 64 valence electrons. The summed E-state index contributed by atoms with van der Waals surface area (Å²) in [7, 11) is 0. The Morgan fingerprint density at radius 1 is 1.45 bits per heavy atom. The zero-order valence-electron chi connectivity index (χ0n) is 7.55. The third kappa shape index (κ3) is 7.38. The van der Waals surface area contributed by atoms with Crippen LogP contribution < -0.4 is 5.73 Å². The van der Waals surface area contributed by atoms with E-state index in [1.165, 1.54) is 0 Å². The summed E-state index contributed by atoms with van der Waals surface area (Å²) in [5.41, 5.74) is 5.68. The van der Waals surface area contributed by atoms with E-state index in [0.29, 0.717) is 6.61 Å². The van der Waals surface area contributed by atoms with Gasteiger partial charge in [0.05, 0.1) is 12.7 Å². The molecule has 0 heterocycles. The van der Waals surface area contributed by atoms with Gasteiger partial charge in [0, 0.05) is 12.5 Å². The largest absolute Gasteiger partial charge is 0.377 e. The molecule has 1 atom stereocenters. The van der Waals surface area contributed by atoms with Crippen molar-refractivity contribution in [2.24, 2.45) is 5.73 Å². The Morgan fingerprint density at radius 2 is 2.09 bits per heavy atom. The lowest BCUT2D eigenvalue weighted by Crippen LogP contribution is -2.27. The topological polar surface area (TPSA) is 35.2 Å². The van der Waals surface area contributed by atoms with Crippen LogP contribution in [-0.4, -0.2) is 18.8 Å². The molecule has 2 N–H and O–H groups in total. The van der Waals surface area contributed by atoms with Gasteiger partial charge in [-0.05, 0) is 20.8 Å². The standard InChI is InChI=1S/C9H17NO/c1-4-5-6-9(10)7-11-8(2)3/h8-9H,6-7,10H2,1-3H3. The Hall–Kier alpha value is -0.520. The Kier molecular flexibility index (Phi) is 5.91. The first-order valence-electron chi connectivity index (χ1n) is 3.93. The minimum Gasteiger partial charge on any atom is -0.377 e. The number of hydrogen-bond donors (Lipinski definition) is 1. The third-order valence-corrected chi connectivity index (χ3v) is 1.18. The van der Waals surface area contributed by atoms with Crippen LogP contribution in [0, 0.1) is 11.8 Å². The van der Waals surface area contributed by atoms with Gasteiger partial charge in [0.25, 0.3) is 0 Å². The first-order valence-corrected chi connectivity index (χ1v) is 3.93. The van der Waals surface area contributed by atoms with E-state index < -0.39 is 0 Å². The molecule has 1 unspecified atom stereocenters. The van der Waals surface area contributed by atoms with E-state index >= 15 is 0 Å². The van der Waals surface area contributed by atoms with Gasteiger partial charge in [0.1, 0.15) is 0 Å². The van der Waals surface area contributed by atoms with Crippen LogP contribution in [0.5, 0.6) is 0 Å². The molecule has 11 heavy (non-hydrogen) atoms. The van der Waals surface area contributed by atoms with Gasteiger partial charge in [0.2, 0.25) is 0 Å². The summed E-state index contributed by atoms with van der Waals surface area (Å²) >= 11 is 0. The van der Waals surface area contributed by atoms with E-state index in [1.54, 1.807) is 0 Å². The van der Waals surface area contributed by atoms with Gasteiger partial charge in [-0.25, -0.2) is 0 Å². The molecule has 2 nitrogen and oxygen atoms in total. The fraction of sp³-hybridized carbons (Fsp3) is 0.778. The predicted octanol–water partition coefficient (Wildman–Crippen LogP) is 1.15. The van der Waals surface area contributed by atoms with Crippen molar-refractivity contribution in [1.82, 2.24) is 0 Å². The monoisotopic (exact) mass is 155 g/mol. The van der Waals surface area contributed by atoms with Crippen LogP contribution in [0.25, 0.3) is 0 Å². The van der Waals surface area contributed by atoms with E-state index in [9.17, 15) is 0 Å². The molecule has 0 bridgehead atoms. The van der Waals surface area contributed by atoms with Crippen LogP contribution in [0.1, 0.15) is 27.2 Å². The van der Waals surface area contributed by atoms with E-state index in [2.05, 4.69) is 11.8 Å². The summed E-state index contributed by atoms with van der Waals surface area (Å²) in [5, 5.41) is 0. The molecule has 0 saturated heterocycles. The zero-order valence-corrected chi connectivity index (χ0v) is 7.55. The van der Waals surface area contributed by atoms with Crippen LogP contribution in [0.4, 0.5) is 0 Å². The highest BCUT2D eigenvalue weighted by Crippen LogP contribution is 1.92. The molecule has 0 aliphatic rings. The molecule has 2 heteroatoms. The normalized spacial score (nSPS) is 12.5. The lowest BCUT2D eigenvalue weighted by Gasteiger charge is -2.11. The summed E-state index contributed by atoms with van der Waals surface area (Å²) in [4.78, 5) is 0. The van der Waals surface area contributed by atoms with Crippen molar-refractivity contribution in [1.29, 1.82) is 0 Å². The quantitative estimate of drug-likeness (QED) is 0.618. The van der Waals surface area contributed by atoms with E-state index in [-0.39, 0.29) is 12.1 Å². The van der Waals surface area contributed by atoms with Crippen molar-refractivity contribution in [3.63, 3.8) is 0 Å². The second-order valence-electron chi connectivity index (χ2n) is 2.77. The molecule has 0 aromatic heterocycles. The fourth-order valence-electron chi connectivity index (χ4n) is 0.608. The van der Waals surface area contributed by atoms with Crippen molar-refractivity contribution in [2.45, 2.75) is 39.3 Å². The molecule has 0 aliphatic heterocycles. The van der Waals surface area contributed by atoms with Gasteiger partial charge >= 0.3 is 0 Å². The molecule has 0 aliphatic carbocycles. The number of hydrogen-bond acceptors (Lipinski definition) is 2. The maximum Gasteiger partial charge on any atom is 0.0630 e. The highest BCUT2D eigenvalue weighted by Gasteiger charge is 2.01. The first-order chi connectivity index (χ1) is 5.16. The van der Waals surface area contributed by atoms with Gasteiger partial charge in [0.15, 0.2) is 0 Å². The predicted molar refractivity (Wildman–Crippen MR) is 47.1 cm³/mol. The fourth-order valence-corrected chi connectivity index (χ4v) is 0.608. The van der Waals surface area contributed by atoms with Crippen LogP contribution in [-0.2, 0) is 4.74 Å². The maximum atomic E-state index is 5.68. The van der Waals surface area contributed by atoms with Gasteiger partial charge in [-0.1, -0.05) is 0 Å². The highest BCUT2D eigenvalue weighted by atomic mass is 16.5. The molecule has 0 rings (SSSR count). The SMILES string of the molecule is CC#CCC(N)COC(C)C. The average Bonchev–Trinajstić information content (AvgIpc) is 1.97. The van der Waals surface area contributed by atoms with Crippen molar-refractivity contribution in [3.8, 4) is 11.8 Å². The summed E-state index contributed by atoms with van der Waals surface area (Å²) < 4.78 is 5.31. The molecule has 0 radical (unpaired) electrons. The van der Waals surface area contributed by atoms with E-state index in [4.69, 9.17) is 10.5 Å². The molecule has 0 aromatic carbocycles. The third-order valence-electron chi connectivity index (χ3n) is 1.18. The summed E-state index contributed by atoms with van der Waals surface area (Å²) in [5.74, 6) is 5.72. The Balaban J connectivity index is 3.34. The minimum atomic E-state index is 0.0600. The zero-order chi connectivity index (χ0) is 8.69.